The number of hydrogen-bond acceptors (Lipinski definition) is 4. The summed E-state index contributed by atoms with van der Waals surface area (Å²) in [5, 5.41) is 7.46. The van der Waals surface area contributed by atoms with Crippen molar-refractivity contribution in [1.29, 1.82) is 0 Å². The van der Waals surface area contributed by atoms with Crippen LogP contribution in [-0.2, 0) is 5.41 Å². The maximum absolute atomic E-state index is 5.76. The first-order chi connectivity index (χ1) is 8.56. The largest absolute Gasteiger partial charge is 0.339 e. The highest BCUT2D eigenvalue weighted by molar-refractivity contribution is 5.30. The van der Waals surface area contributed by atoms with Gasteiger partial charge in [-0.3, -0.25) is 5.10 Å². The van der Waals surface area contributed by atoms with E-state index < -0.39 is 0 Å². The molecule has 0 bridgehead atoms. The van der Waals surface area contributed by atoms with Crippen LogP contribution in [0.3, 0.4) is 0 Å². The number of aromatic amines is 1. The predicted molar refractivity (Wildman–Crippen MR) is 73.7 cm³/mol. The molecule has 102 valence electrons. The normalized spacial score (nSPS) is 21.3. The molecule has 1 aliphatic heterocycles. The molecule has 18 heavy (non-hydrogen) atoms. The van der Waals surface area contributed by atoms with Crippen LogP contribution < -0.4 is 10.6 Å². The Morgan fingerprint density at radius 3 is 2.94 bits per heavy atom. The van der Waals surface area contributed by atoms with Crippen molar-refractivity contribution in [2.75, 3.05) is 24.5 Å². The van der Waals surface area contributed by atoms with E-state index in [0.717, 1.165) is 37.8 Å². The van der Waals surface area contributed by atoms with Crippen molar-refractivity contribution in [1.82, 2.24) is 15.2 Å². The SMILES string of the molecule is CCC(C)(C)c1nc(N2CCCC(CN)C2)n[nH]1. The first-order valence-electron chi connectivity index (χ1n) is 6.94. The van der Waals surface area contributed by atoms with Crippen molar-refractivity contribution in [3.05, 3.63) is 5.82 Å². The molecule has 2 heterocycles. The number of nitrogens with one attached hydrogen (secondary N) is 1. The van der Waals surface area contributed by atoms with Gasteiger partial charge in [-0.1, -0.05) is 20.8 Å². The Balaban J connectivity index is 2.10. The van der Waals surface area contributed by atoms with E-state index >= 15 is 0 Å². The summed E-state index contributed by atoms with van der Waals surface area (Å²) < 4.78 is 0. The van der Waals surface area contributed by atoms with Gasteiger partial charge in [-0.15, -0.1) is 5.10 Å². The molecule has 3 N–H and O–H groups in total. The van der Waals surface area contributed by atoms with Gasteiger partial charge in [-0.05, 0) is 31.7 Å². The Labute approximate surface area is 109 Å². The number of piperidine rings is 1. The summed E-state index contributed by atoms with van der Waals surface area (Å²) in [7, 11) is 0. The first kappa shape index (κ1) is 13.3. The highest BCUT2D eigenvalue weighted by atomic mass is 15.4. The number of hydrogen-bond donors (Lipinski definition) is 2. The molecule has 1 aromatic rings. The van der Waals surface area contributed by atoms with Gasteiger partial charge in [-0.2, -0.15) is 4.98 Å². The second kappa shape index (κ2) is 5.26. The summed E-state index contributed by atoms with van der Waals surface area (Å²) in [6, 6.07) is 0. The molecule has 0 radical (unpaired) electrons. The van der Waals surface area contributed by atoms with Crippen molar-refractivity contribution < 1.29 is 0 Å². The van der Waals surface area contributed by atoms with E-state index in [0.29, 0.717) is 5.92 Å². The summed E-state index contributed by atoms with van der Waals surface area (Å²) in [5.74, 6) is 2.40. The number of nitrogens with zero attached hydrogens (tertiary/aromatic N) is 3. The van der Waals surface area contributed by atoms with E-state index in [4.69, 9.17) is 5.73 Å². The standard InChI is InChI=1S/C13H25N5/c1-4-13(2,3)11-15-12(17-16-11)18-7-5-6-10(8-14)9-18/h10H,4-9,14H2,1-3H3,(H,15,16,17). The van der Waals surface area contributed by atoms with Crippen molar-refractivity contribution in [3.8, 4) is 0 Å². The fourth-order valence-electron chi connectivity index (χ4n) is 2.30. The first-order valence-corrected chi connectivity index (χ1v) is 6.94. The van der Waals surface area contributed by atoms with Gasteiger partial charge in [0.25, 0.3) is 0 Å². The van der Waals surface area contributed by atoms with Crippen LogP contribution in [0, 0.1) is 5.92 Å². The average Bonchev–Trinajstić information content (AvgIpc) is 2.89. The van der Waals surface area contributed by atoms with Crippen LogP contribution in [0.1, 0.15) is 45.9 Å². The molecule has 0 saturated carbocycles. The molecule has 1 unspecified atom stereocenters. The van der Waals surface area contributed by atoms with Crippen molar-refractivity contribution in [2.45, 2.75) is 45.4 Å². The molecule has 1 atom stereocenters. The minimum absolute atomic E-state index is 0.0638. The molecule has 1 saturated heterocycles. The second-order valence-electron chi connectivity index (χ2n) is 5.91. The van der Waals surface area contributed by atoms with E-state index in [9.17, 15) is 0 Å². The van der Waals surface area contributed by atoms with Crippen LogP contribution in [0.15, 0.2) is 0 Å². The van der Waals surface area contributed by atoms with E-state index in [1.807, 2.05) is 0 Å². The average molecular weight is 251 g/mol. The lowest BCUT2D eigenvalue weighted by molar-refractivity contribution is 0.419. The van der Waals surface area contributed by atoms with Gasteiger partial charge in [0.2, 0.25) is 5.95 Å². The van der Waals surface area contributed by atoms with Crippen LogP contribution >= 0.6 is 0 Å². The minimum Gasteiger partial charge on any atom is -0.339 e. The lowest BCUT2D eigenvalue weighted by Crippen LogP contribution is -2.39. The number of rotatable bonds is 4. The van der Waals surface area contributed by atoms with Crippen molar-refractivity contribution in [2.24, 2.45) is 11.7 Å². The van der Waals surface area contributed by atoms with Gasteiger partial charge in [0.1, 0.15) is 5.82 Å². The molecule has 0 aromatic carbocycles. The van der Waals surface area contributed by atoms with Crippen LogP contribution in [0.5, 0.6) is 0 Å². The smallest absolute Gasteiger partial charge is 0.244 e. The maximum Gasteiger partial charge on any atom is 0.244 e. The molecule has 2 rings (SSSR count). The second-order valence-corrected chi connectivity index (χ2v) is 5.91. The van der Waals surface area contributed by atoms with Gasteiger partial charge in [0, 0.05) is 18.5 Å². The van der Waals surface area contributed by atoms with Crippen molar-refractivity contribution in [3.63, 3.8) is 0 Å². The third-order valence-corrected chi connectivity index (χ3v) is 4.13. The third kappa shape index (κ3) is 2.66. The quantitative estimate of drug-likeness (QED) is 0.854. The molecule has 5 heteroatoms. The molecule has 1 aromatic heterocycles. The molecule has 5 nitrogen and oxygen atoms in total. The number of nitrogens with two attached hydrogens (primary N) is 1. The summed E-state index contributed by atoms with van der Waals surface area (Å²) >= 11 is 0. The zero-order valence-corrected chi connectivity index (χ0v) is 11.7. The molecule has 0 amide bonds. The third-order valence-electron chi connectivity index (χ3n) is 4.13. The molecule has 1 aliphatic rings. The number of anilines is 1. The molecule has 0 aliphatic carbocycles. The Morgan fingerprint density at radius 2 is 2.28 bits per heavy atom. The predicted octanol–water partition coefficient (Wildman–Crippen LogP) is 1.67. The van der Waals surface area contributed by atoms with Crippen LogP contribution in [0.2, 0.25) is 0 Å². The minimum atomic E-state index is 0.0638. The van der Waals surface area contributed by atoms with Gasteiger partial charge in [0.05, 0.1) is 0 Å². The zero-order valence-electron chi connectivity index (χ0n) is 11.7. The van der Waals surface area contributed by atoms with E-state index in [1.165, 1.54) is 12.8 Å². The lowest BCUT2D eigenvalue weighted by Gasteiger charge is -2.31. The zero-order chi connectivity index (χ0) is 13.2. The fourth-order valence-corrected chi connectivity index (χ4v) is 2.30. The van der Waals surface area contributed by atoms with Crippen molar-refractivity contribution >= 4 is 5.95 Å². The fraction of sp³-hybridized carbons (Fsp3) is 0.846. The Morgan fingerprint density at radius 1 is 1.50 bits per heavy atom. The monoisotopic (exact) mass is 251 g/mol. The molecule has 0 spiro atoms. The van der Waals surface area contributed by atoms with Crippen LogP contribution in [0.25, 0.3) is 0 Å². The molecule has 1 fully saturated rings. The molecular formula is C13H25N5. The highest BCUT2D eigenvalue weighted by Crippen LogP contribution is 2.26. The number of H-pyrrole nitrogens is 1. The van der Waals surface area contributed by atoms with Gasteiger partial charge in [0.15, 0.2) is 0 Å². The van der Waals surface area contributed by atoms with Crippen LogP contribution in [-0.4, -0.2) is 34.8 Å². The Kier molecular flexibility index (Phi) is 3.90. The number of aromatic nitrogens is 3. The molecular weight excluding hydrogens is 226 g/mol. The van der Waals surface area contributed by atoms with Crippen LogP contribution in [0.4, 0.5) is 5.95 Å². The summed E-state index contributed by atoms with van der Waals surface area (Å²) in [4.78, 5) is 6.92. The van der Waals surface area contributed by atoms with Gasteiger partial charge in [-0.25, -0.2) is 0 Å². The van der Waals surface area contributed by atoms with Gasteiger partial charge < -0.3 is 10.6 Å². The summed E-state index contributed by atoms with van der Waals surface area (Å²) in [6.07, 6.45) is 3.46. The van der Waals surface area contributed by atoms with Gasteiger partial charge >= 0.3 is 0 Å². The van der Waals surface area contributed by atoms with E-state index in [2.05, 4.69) is 40.9 Å². The Hall–Kier alpha value is -1.10. The van der Waals surface area contributed by atoms with E-state index in [-0.39, 0.29) is 5.41 Å². The highest BCUT2D eigenvalue weighted by Gasteiger charge is 2.26. The topological polar surface area (TPSA) is 70.8 Å². The summed E-state index contributed by atoms with van der Waals surface area (Å²) in [5.41, 5.74) is 5.83. The van der Waals surface area contributed by atoms with E-state index in [1.54, 1.807) is 0 Å². The Bertz CT molecular complexity index is 384. The lowest BCUT2D eigenvalue weighted by atomic mass is 9.90. The summed E-state index contributed by atoms with van der Waals surface area (Å²) in [6.45, 7) is 9.34. The maximum atomic E-state index is 5.76.